The Kier molecular flexibility index (Phi) is 4.17. The molecule has 18 heavy (non-hydrogen) atoms. The molecule has 0 aliphatic carbocycles. The van der Waals surface area contributed by atoms with Crippen LogP contribution in [0.15, 0.2) is 41.1 Å². The maximum atomic E-state index is 9.88. The van der Waals surface area contributed by atoms with Gasteiger partial charge in [0.1, 0.15) is 0 Å². The Hall–Kier alpha value is -1.16. The van der Waals surface area contributed by atoms with E-state index in [4.69, 9.17) is 5.73 Å². The molecule has 0 fully saturated rings. The highest BCUT2D eigenvalue weighted by molar-refractivity contribution is 7.07. The van der Waals surface area contributed by atoms with Crippen molar-refractivity contribution in [3.8, 4) is 0 Å². The topological polar surface area (TPSA) is 46.2 Å². The third-order valence-corrected chi connectivity index (χ3v) is 4.26. The van der Waals surface area contributed by atoms with Gasteiger partial charge in [-0.05, 0) is 46.9 Å². The molecule has 0 spiro atoms. The second-order valence-electron chi connectivity index (χ2n) is 4.77. The predicted octanol–water partition coefficient (Wildman–Crippen LogP) is 2.49. The van der Waals surface area contributed by atoms with Crippen LogP contribution in [0, 0.1) is 6.92 Å². The fourth-order valence-electron chi connectivity index (χ4n) is 2.43. The first-order valence-corrected chi connectivity index (χ1v) is 7.04. The average molecular weight is 261 g/mol. The number of benzene rings is 1. The fraction of sp³-hybridized carbons (Fsp3) is 0.333. The van der Waals surface area contributed by atoms with Crippen molar-refractivity contribution in [1.29, 1.82) is 0 Å². The van der Waals surface area contributed by atoms with Gasteiger partial charge in [-0.15, -0.1) is 0 Å². The highest BCUT2D eigenvalue weighted by Gasteiger charge is 2.31. The number of aliphatic hydroxyl groups is 1. The zero-order valence-corrected chi connectivity index (χ0v) is 11.4. The zero-order chi connectivity index (χ0) is 13.0. The summed E-state index contributed by atoms with van der Waals surface area (Å²) < 4.78 is 0. The van der Waals surface area contributed by atoms with E-state index in [2.05, 4.69) is 35.9 Å². The van der Waals surface area contributed by atoms with Gasteiger partial charge >= 0.3 is 0 Å². The third-order valence-electron chi connectivity index (χ3n) is 3.53. The van der Waals surface area contributed by atoms with Gasteiger partial charge in [0.05, 0.1) is 6.61 Å². The largest absolute Gasteiger partial charge is 0.395 e. The van der Waals surface area contributed by atoms with E-state index in [1.54, 1.807) is 11.3 Å². The molecule has 0 saturated carbocycles. The summed E-state index contributed by atoms with van der Waals surface area (Å²) in [6.07, 6.45) is 0.786. The monoisotopic (exact) mass is 261 g/mol. The van der Waals surface area contributed by atoms with Crippen molar-refractivity contribution in [1.82, 2.24) is 0 Å². The summed E-state index contributed by atoms with van der Waals surface area (Å²) in [5, 5.41) is 14.1. The molecule has 1 aromatic carbocycles. The predicted molar refractivity (Wildman–Crippen MR) is 77.0 cm³/mol. The van der Waals surface area contributed by atoms with Crippen LogP contribution in [0.1, 0.15) is 16.7 Å². The van der Waals surface area contributed by atoms with Gasteiger partial charge in [0.25, 0.3) is 0 Å². The van der Waals surface area contributed by atoms with Crippen molar-refractivity contribution in [2.24, 2.45) is 5.73 Å². The lowest BCUT2D eigenvalue weighted by atomic mass is 9.75. The van der Waals surface area contributed by atoms with Gasteiger partial charge in [-0.25, -0.2) is 0 Å². The molecule has 0 aliphatic rings. The summed E-state index contributed by atoms with van der Waals surface area (Å²) in [7, 11) is 0. The molecule has 0 bridgehead atoms. The summed E-state index contributed by atoms with van der Waals surface area (Å²) in [6, 6.07) is 10.3. The molecule has 0 radical (unpaired) electrons. The zero-order valence-electron chi connectivity index (χ0n) is 10.6. The van der Waals surface area contributed by atoms with Gasteiger partial charge in [-0.2, -0.15) is 11.3 Å². The summed E-state index contributed by atoms with van der Waals surface area (Å²) in [6.45, 7) is 2.59. The molecule has 1 aromatic heterocycles. The molecule has 0 aliphatic heterocycles. The number of aryl methyl sites for hydroxylation is 1. The molecule has 0 saturated heterocycles. The van der Waals surface area contributed by atoms with E-state index >= 15 is 0 Å². The van der Waals surface area contributed by atoms with Crippen LogP contribution in [-0.4, -0.2) is 18.3 Å². The fourth-order valence-corrected chi connectivity index (χ4v) is 3.10. The van der Waals surface area contributed by atoms with Crippen molar-refractivity contribution >= 4 is 11.3 Å². The van der Waals surface area contributed by atoms with Gasteiger partial charge in [-0.1, -0.05) is 24.3 Å². The molecule has 1 unspecified atom stereocenters. The Morgan fingerprint density at radius 2 is 2.06 bits per heavy atom. The normalized spacial score (nSPS) is 14.4. The van der Waals surface area contributed by atoms with E-state index in [1.165, 1.54) is 11.1 Å². The number of aliphatic hydroxyl groups excluding tert-OH is 1. The maximum Gasteiger partial charge on any atom is 0.0543 e. The van der Waals surface area contributed by atoms with Gasteiger partial charge in [0.2, 0.25) is 0 Å². The van der Waals surface area contributed by atoms with E-state index in [1.807, 2.05) is 12.1 Å². The highest BCUT2D eigenvalue weighted by atomic mass is 32.1. The van der Waals surface area contributed by atoms with Crippen LogP contribution in [-0.2, 0) is 11.8 Å². The van der Waals surface area contributed by atoms with Crippen molar-refractivity contribution in [3.63, 3.8) is 0 Å². The van der Waals surface area contributed by atoms with Gasteiger partial charge in [0.15, 0.2) is 0 Å². The first-order valence-electron chi connectivity index (χ1n) is 6.10. The molecule has 3 heteroatoms. The minimum absolute atomic E-state index is 0.0736. The van der Waals surface area contributed by atoms with Crippen molar-refractivity contribution in [3.05, 3.63) is 57.8 Å². The summed E-state index contributed by atoms with van der Waals surface area (Å²) in [5.41, 5.74) is 9.19. The minimum Gasteiger partial charge on any atom is -0.395 e. The Morgan fingerprint density at radius 3 is 2.61 bits per heavy atom. The van der Waals surface area contributed by atoms with Gasteiger partial charge in [0, 0.05) is 12.0 Å². The Labute approximate surface area is 112 Å². The van der Waals surface area contributed by atoms with E-state index in [0.29, 0.717) is 6.54 Å². The Bertz CT molecular complexity index is 489. The molecule has 96 valence electrons. The lowest BCUT2D eigenvalue weighted by molar-refractivity contribution is 0.195. The molecule has 1 heterocycles. The average Bonchev–Trinajstić information content (AvgIpc) is 2.90. The van der Waals surface area contributed by atoms with Gasteiger partial charge in [-0.3, -0.25) is 0 Å². The molecular weight excluding hydrogens is 242 g/mol. The first-order chi connectivity index (χ1) is 8.72. The van der Waals surface area contributed by atoms with Crippen LogP contribution >= 0.6 is 11.3 Å². The molecule has 0 amide bonds. The van der Waals surface area contributed by atoms with Crippen LogP contribution in [0.4, 0.5) is 0 Å². The van der Waals surface area contributed by atoms with Crippen LogP contribution < -0.4 is 5.73 Å². The number of hydrogen-bond acceptors (Lipinski definition) is 3. The molecule has 2 nitrogen and oxygen atoms in total. The van der Waals surface area contributed by atoms with Crippen molar-refractivity contribution < 1.29 is 5.11 Å². The summed E-state index contributed by atoms with van der Waals surface area (Å²) in [4.78, 5) is 0. The minimum atomic E-state index is -0.369. The van der Waals surface area contributed by atoms with Gasteiger partial charge < -0.3 is 10.8 Å². The third kappa shape index (κ3) is 2.48. The van der Waals surface area contributed by atoms with E-state index in [0.717, 1.165) is 12.0 Å². The second-order valence-corrected chi connectivity index (χ2v) is 5.55. The van der Waals surface area contributed by atoms with E-state index < -0.39 is 0 Å². The SMILES string of the molecule is Cc1ccccc1C(CN)(CO)Cc1ccsc1. The molecule has 2 aromatic rings. The van der Waals surface area contributed by atoms with Crippen molar-refractivity contribution in [2.75, 3.05) is 13.2 Å². The highest BCUT2D eigenvalue weighted by Crippen LogP contribution is 2.30. The summed E-state index contributed by atoms with van der Waals surface area (Å²) in [5.74, 6) is 0. The Balaban J connectivity index is 2.40. The Morgan fingerprint density at radius 1 is 1.28 bits per heavy atom. The summed E-state index contributed by atoms with van der Waals surface area (Å²) >= 11 is 1.68. The lowest BCUT2D eigenvalue weighted by Gasteiger charge is -2.32. The number of hydrogen-bond donors (Lipinski definition) is 2. The smallest absolute Gasteiger partial charge is 0.0543 e. The van der Waals surface area contributed by atoms with Crippen LogP contribution in [0.3, 0.4) is 0 Å². The van der Waals surface area contributed by atoms with Crippen LogP contribution in [0.2, 0.25) is 0 Å². The molecule has 1 atom stereocenters. The molecule has 3 N–H and O–H groups in total. The maximum absolute atomic E-state index is 9.88. The lowest BCUT2D eigenvalue weighted by Crippen LogP contribution is -2.41. The van der Waals surface area contributed by atoms with E-state index in [-0.39, 0.29) is 12.0 Å². The van der Waals surface area contributed by atoms with Crippen molar-refractivity contribution in [2.45, 2.75) is 18.8 Å². The molecular formula is C15H19NOS. The number of rotatable bonds is 5. The first kappa shape index (κ1) is 13.3. The number of nitrogens with two attached hydrogens (primary N) is 1. The second kappa shape index (κ2) is 5.65. The van der Waals surface area contributed by atoms with Crippen LogP contribution in [0.25, 0.3) is 0 Å². The van der Waals surface area contributed by atoms with E-state index in [9.17, 15) is 5.11 Å². The standard InChI is InChI=1S/C15H19NOS/c1-12-4-2-3-5-14(12)15(10-16,11-17)8-13-6-7-18-9-13/h2-7,9,17H,8,10-11,16H2,1H3. The quantitative estimate of drug-likeness (QED) is 0.868. The van der Waals surface area contributed by atoms with Crippen LogP contribution in [0.5, 0.6) is 0 Å². The molecule has 2 rings (SSSR count). The number of thiophene rings is 1.